The minimum atomic E-state index is -0.103. The lowest BCUT2D eigenvalue weighted by atomic mass is 10.1. The van der Waals surface area contributed by atoms with Crippen LogP contribution in [0.5, 0.6) is 5.75 Å². The Morgan fingerprint density at radius 3 is 2.09 bits per heavy atom. The SMILES string of the molecule is [N-]=[N+]=NCCOCCOCCOc1cc(CO)cc(CO)c1. The van der Waals surface area contributed by atoms with Crippen molar-refractivity contribution >= 4 is 0 Å². The average Bonchev–Trinajstić information content (AvgIpc) is 2.56. The van der Waals surface area contributed by atoms with Crippen molar-refractivity contribution in [3.63, 3.8) is 0 Å². The summed E-state index contributed by atoms with van der Waals surface area (Å²) in [5.41, 5.74) is 9.44. The van der Waals surface area contributed by atoms with Crippen LogP contribution in [0.1, 0.15) is 11.1 Å². The second kappa shape index (κ2) is 11.8. The molecule has 8 nitrogen and oxygen atoms in total. The molecule has 0 saturated heterocycles. The molecule has 0 radical (unpaired) electrons. The van der Waals surface area contributed by atoms with Crippen LogP contribution in [-0.2, 0) is 22.7 Å². The lowest BCUT2D eigenvalue weighted by Crippen LogP contribution is -2.12. The molecule has 0 amide bonds. The van der Waals surface area contributed by atoms with E-state index in [9.17, 15) is 0 Å². The predicted octanol–water partition coefficient (Wildman–Crippen LogP) is 1.39. The van der Waals surface area contributed by atoms with E-state index >= 15 is 0 Å². The maximum atomic E-state index is 9.13. The zero-order valence-corrected chi connectivity index (χ0v) is 12.3. The van der Waals surface area contributed by atoms with Gasteiger partial charge >= 0.3 is 0 Å². The Bertz CT molecular complexity index is 455. The maximum absolute atomic E-state index is 9.13. The zero-order chi connectivity index (χ0) is 16.0. The van der Waals surface area contributed by atoms with Crippen LogP contribution >= 0.6 is 0 Å². The Hall–Kier alpha value is -1.83. The Labute approximate surface area is 128 Å². The highest BCUT2D eigenvalue weighted by Gasteiger charge is 2.01. The molecule has 1 aromatic carbocycles. The summed E-state index contributed by atoms with van der Waals surface area (Å²) >= 11 is 0. The number of aliphatic hydroxyl groups excluding tert-OH is 2. The van der Waals surface area contributed by atoms with Gasteiger partial charge in [-0.05, 0) is 28.8 Å². The molecule has 0 atom stereocenters. The molecule has 0 heterocycles. The molecule has 0 fully saturated rings. The first-order valence-corrected chi connectivity index (χ1v) is 6.94. The van der Waals surface area contributed by atoms with Crippen molar-refractivity contribution in [2.45, 2.75) is 13.2 Å². The Balaban J connectivity index is 2.13. The Morgan fingerprint density at radius 2 is 1.50 bits per heavy atom. The third-order valence-corrected chi connectivity index (χ3v) is 2.66. The van der Waals surface area contributed by atoms with E-state index in [1.54, 1.807) is 18.2 Å². The van der Waals surface area contributed by atoms with Gasteiger partial charge < -0.3 is 24.4 Å². The molecule has 0 saturated carbocycles. The second-order valence-electron chi connectivity index (χ2n) is 4.33. The van der Waals surface area contributed by atoms with Crippen molar-refractivity contribution < 1.29 is 24.4 Å². The quantitative estimate of drug-likeness (QED) is 0.262. The fraction of sp³-hybridized carbons (Fsp3) is 0.571. The van der Waals surface area contributed by atoms with Crippen molar-refractivity contribution in [1.82, 2.24) is 0 Å². The van der Waals surface area contributed by atoms with E-state index in [4.69, 9.17) is 30.0 Å². The van der Waals surface area contributed by atoms with Crippen molar-refractivity contribution in [2.24, 2.45) is 5.11 Å². The summed E-state index contributed by atoms with van der Waals surface area (Å²) in [7, 11) is 0. The molecule has 8 heteroatoms. The van der Waals surface area contributed by atoms with Crippen molar-refractivity contribution in [3.8, 4) is 5.75 Å². The first-order chi connectivity index (χ1) is 10.8. The van der Waals surface area contributed by atoms with E-state index in [1.807, 2.05) is 0 Å². The molecule has 0 bridgehead atoms. The number of nitrogens with zero attached hydrogens (tertiary/aromatic N) is 3. The van der Waals surface area contributed by atoms with Gasteiger partial charge in [-0.3, -0.25) is 0 Å². The van der Waals surface area contributed by atoms with Gasteiger partial charge in [-0.25, -0.2) is 0 Å². The van der Waals surface area contributed by atoms with Crippen LogP contribution in [0, 0.1) is 0 Å². The number of azide groups is 1. The third kappa shape index (κ3) is 7.82. The number of aliphatic hydroxyl groups is 2. The minimum absolute atomic E-state index is 0.103. The standard InChI is InChI=1S/C14H21N3O5/c15-17-16-1-2-20-3-4-21-5-6-22-14-8-12(10-18)7-13(9-14)11-19/h7-9,18-19H,1-6,10-11H2. The van der Waals surface area contributed by atoms with E-state index in [1.165, 1.54) is 0 Å². The highest BCUT2D eigenvalue weighted by Crippen LogP contribution is 2.17. The molecule has 22 heavy (non-hydrogen) atoms. The zero-order valence-electron chi connectivity index (χ0n) is 12.3. The van der Waals surface area contributed by atoms with E-state index in [-0.39, 0.29) is 13.2 Å². The summed E-state index contributed by atoms with van der Waals surface area (Å²) in [6.07, 6.45) is 0. The molecular formula is C14H21N3O5. The first kappa shape index (κ1) is 18.2. The maximum Gasteiger partial charge on any atom is 0.120 e. The van der Waals surface area contributed by atoms with Gasteiger partial charge in [0.25, 0.3) is 0 Å². The molecule has 0 aliphatic rings. The highest BCUT2D eigenvalue weighted by molar-refractivity contribution is 5.33. The monoisotopic (exact) mass is 311 g/mol. The largest absolute Gasteiger partial charge is 0.491 e. The predicted molar refractivity (Wildman–Crippen MR) is 79.4 cm³/mol. The highest BCUT2D eigenvalue weighted by atomic mass is 16.5. The fourth-order valence-electron chi connectivity index (χ4n) is 1.69. The van der Waals surface area contributed by atoms with Gasteiger partial charge in [-0.2, -0.15) is 0 Å². The minimum Gasteiger partial charge on any atom is -0.491 e. The van der Waals surface area contributed by atoms with Gasteiger partial charge in [0.1, 0.15) is 12.4 Å². The summed E-state index contributed by atoms with van der Waals surface area (Å²) in [5, 5.41) is 21.6. The lowest BCUT2D eigenvalue weighted by molar-refractivity contribution is 0.0388. The summed E-state index contributed by atoms with van der Waals surface area (Å²) < 4.78 is 16.0. The van der Waals surface area contributed by atoms with Gasteiger partial charge in [0.2, 0.25) is 0 Å². The van der Waals surface area contributed by atoms with Gasteiger partial charge in [-0.1, -0.05) is 11.2 Å². The van der Waals surface area contributed by atoms with Crippen LogP contribution in [0.3, 0.4) is 0 Å². The molecule has 122 valence electrons. The normalized spacial score (nSPS) is 10.3. The molecule has 0 spiro atoms. The molecule has 0 aromatic heterocycles. The van der Waals surface area contributed by atoms with Gasteiger partial charge in [-0.15, -0.1) is 0 Å². The summed E-state index contributed by atoms with van der Waals surface area (Å²) in [6.45, 7) is 2.10. The van der Waals surface area contributed by atoms with Crippen LogP contribution < -0.4 is 4.74 Å². The summed E-state index contributed by atoms with van der Waals surface area (Å²) in [6, 6.07) is 5.16. The molecule has 1 rings (SSSR count). The molecule has 0 unspecified atom stereocenters. The Morgan fingerprint density at radius 1 is 0.909 bits per heavy atom. The topological polar surface area (TPSA) is 117 Å². The van der Waals surface area contributed by atoms with Crippen molar-refractivity contribution in [3.05, 3.63) is 39.8 Å². The molecule has 0 aliphatic heterocycles. The molecular weight excluding hydrogens is 290 g/mol. The third-order valence-electron chi connectivity index (χ3n) is 2.66. The molecule has 0 aliphatic carbocycles. The van der Waals surface area contributed by atoms with Crippen molar-refractivity contribution in [1.29, 1.82) is 0 Å². The number of hydrogen-bond donors (Lipinski definition) is 2. The molecule has 1 aromatic rings. The van der Waals surface area contributed by atoms with Crippen LogP contribution in [0.4, 0.5) is 0 Å². The molecule has 2 N–H and O–H groups in total. The van der Waals surface area contributed by atoms with Crippen LogP contribution in [0.2, 0.25) is 0 Å². The Kier molecular flexibility index (Phi) is 9.76. The van der Waals surface area contributed by atoms with Crippen LogP contribution in [-0.4, -0.2) is 49.8 Å². The smallest absolute Gasteiger partial charge is 0.120 e. The first-order valence-electron chi connectivity index (χ1n) is 6.94. The average molecular weight is 311 g/mol. The number of hydrogen-bond acceptors (Lipinski definition) is 6. The van der Waals surface area contributed by atoms with E-state index < -0.39 is 0 Å². The number of benzene rings is 1. The summed E-state index contributed by atoms with van der Waals surface area (Å²) in [5.74, 6) is 0.588. The second-order valence-corrected chi connectivity index (χ2v) is 4.33. The van der Waals surface area contributed by atoms with Gasteiger partial charge in [0.15, 0.2) is 0 Å². The lowest BCUT2D eigenvalue weighted by Gasteiger charge is -2.10. The number of rotatable bonds is 12. The number of ether oxygens (including phenoxy) is 3. The van der Waals surface area contributed by atoms with Crippen molar-refractivity contribution in [2.75, 3.05) is 39.6 Å². The summed E-state index contributed by atoms with van der Waals surface area (Å²) in [4.78, 5) is 2.61. The van der Waals surface area contributed by atoms with E-state index in [2.05, 4.69) is 10.0 Å². The van der Waals surface area contributed by atoms with Crippen LogP contribution in [0.25, 0.3) is 10.4 Å². The van der Waals surface area contributed by atoms with Gasteiger partial charge in [0.05, 0.1) is 39.6 Å². The van der Waals surface area contributed by atoms with Gasteiger partial charge in [0, 0.05) is 11.5 Å². The van der Waals surface area contributed by atoms with Crippen LogP contribution in [0.15, 0.2) is 23.3 Å². The van der Waals surface area contributed by atoms with E-state index in [0.29, 0.717) is 56.5 Å². The fourth-order valence-corrected chi connectivity index (χ4v) is 1.69. The van der Waals surface area contributed by atoms with E-state index in [0.717, 1.165) is 0 Å².